The zero-order chi connectivity index (χ0) is 62.9. The molecule has 3 aromatic carbocycles. The van der Waals surface area contributed by atoms with Crippen molar-refractivity contribution in [3.8, 4) is 11.5 Å². The number of aromatic hydroxyl groups is 2. The van der Waals surface area contributed by atoms with Crippen molar-refractivity contribution in [2.75, 3.05) is 19.7 Å². The molecule has 460 valence electrons. The van der Waals surface area contributed by atoms with E-state index in [0.29, 0.717) is 27.6 Å². The second-order valence-corrected chi connectivity index (χ2v) is 20.1. The molecule has 0 aliphatic carbocycles. The number of aliphatic imine (C=N–C) groups is 1. The molecule has 0 aliphatic heterocycles. The summed E-state index contributed by atoms with van der Waals surface area (Å²) in [5.74, 6) is -13.3. The molecule has 0 bridgehead atoms. The number of aliphatic carboxylic acids is 3. The largest absolute Gasteiger partial charge is 0.508 e. The Bertz CT molecular complexity index is 3020. The Kier molecular flexibility index (Phi) is 26.5. The van der Waals surface area contributed by atoms with Gasteiger partial charge < -0.3 is 95.4 Å². The number of nitrogens with two attached hydrogens (primary N) is 3. The van der Waals surface area contributed by atoms with E-state index in [1.807, 2.05) is 0 Å². The lowest BCUT2D eigenvalue weighted by Crippen LogP contribution is -2.61. The molecule has 8 amide bonds. The molecule has 0 aliphatic rings. The third kappa shape index (κ3) is 22.8. The maximum atomic E-state index is 15.0. The van der Waals surface area contributed by atoms with Crippen LogP contribution in [0.1, 0.15) is 69.1 Å². The van der Waals surface area contributed by atoms with Crippen LogP contribution in [0.15, 0.2) is 84.0 Å². The van der Waals surface area contributed by atoms with E-state index in [0.717, 1.165) is 0 Å². The number of aliphatic hydroxyl groups excluding tert-OH is 1. The van der Waals surface area contributed by atoms with Crippen molar-refractivity contribution in [3.05, 3.63) is 95.7 Å². The molecule has 21 N–H and O–H groups in total. The molecule has 1 heterocycles. The van der Waals surface area contributed by atoms with Crippen molar-refractivity contribution in [3.63, 3.8) is 0 Å². The molecular weight excluding hydrogens is 1110 g/mol. The van der Waals surface area contributed by atoms with Gasteiger partial charge >= 0.3 is 17.9 Å². The Balaban J connectivity index is 1.76. The summed E-state index contributed by atoms with van der Waals surface area (Å²) < 4.78 is 0. The zero-order valence-electron chi connectivity index (χ0n) is 46.5. The van der Waals surface area contributed by atoms with Crippen LogP contribution in [0.2, 0.25) is 0 Å². The highest BCUT2D eigenvalue weighted by Gasteiger charge is 2.36. The number of carbonyl (C=O) groups is 11. The van der Waals surface area contributed by atoms with Gasteiger partial charge in [0.25, 0.3) is 0 Å². The van der Waals surface area contributed by atoms with Crippen molar-refractivity contribution in [2.24, 2.45) is 28.1 Å². The molecule has 30 heteroatoms. The van der Waals surface area contributed by atoms with Gasteiger partial charge in [0.05, 0.1) is 12.6 Å². The minimum atomic E-state index is -1.79. The van der Waals surface area contributed by atoms with Gasteiger partial charge in [-0.15, -0.1) is 0 Å². The van der Waals surface area contributed by atoms with E-state index < -0.39 is 152 Å². The van der Waals surface area contributed by atoms with Gasteiger partial charge in [0.15, 0.2) is 5.96 Å². The number of benzene rings is 3. The summed E-state index contributed by atoms with van der Waals surface area (Å²) in [7, 11) is 0. The smallest absolute Gasteiger partial charge is 0.322 e. The number of nitrogens with one attached hydrogen (secondary N) is 9. The molecular formula is C55H73N13O17. The van der Waals surface area contributed by atoms with Crippen LogP contribution in [0.5, 0.6) is 11.5 Å². The van der Waals surface area contributed by atoms with Gasteiger partial charge in [-0.2, -0.15) is 0 Å². The van der Waals surface area contributed by atoms with Gasteiger partial charge in [0.2, 0.25) is 47.3 Å². The molecule has 0 saturated heterocycles. The summed E-state index contributed by atoms with van der Waals surface area (Å²) in [4.78, 5) is 154. The first-order valence-corrected chi connectivity index (χ1v) is 26.8. The molecule has 0 fully saturated rings. The Morgan fingerprint density at radius 1 is 0.529 bits per heavy atom. The van der Waals surface area contributed by atoms with Crippen molar-refractivity contribution in [1.29, 1.82) is 0 Å². The zero-order valence-corrected chi connectivity index (χ0v) is 46.5. The van der Waals surface area contributed by atoms with Crippen molar-refractivity contribution in [1.82, 2.24) is 47.5 Å². The van der Waals surface area contributed by atoms with Crippen molar-refractivity contribution >= 4 is 82.0 Å². The number of phenolic OH excluding ortho intramolecular Hbond substituents is 2. The molecule has 8 atom stereocenters. The number of amides is 8. The van der Waals surface area contributed by atoms with E-state index in [1.54, 1.807) is 44.3 Å². The quantitative estimate of drug-likeness (QED) is 0.0124. The number of aromatic amines is 1. The molecule has 0 spiro atoms. The maximum Gasteiger partial charge on any atom is 0.322 e. The number of fused-ring (bicyclic) bond motifs is 1. The third-order valence-electron chi connectivity index (χ3n) is 13.1. The number of phenols is 2. The third-order valence-corrected chi connectivity index (χ3v) is 13.1. The topological polar surface area (TPSA) is 512 Å². The van der Waals surface area contributed by atoms with Crippen LogP contribution >= 0.6 is 0 Å². The van der Waals surface area contributed by atoms with Crippen LogP contribution in [0, 0.1) is 5.92 Å². The molecule has 0 radical (unpaired) electrons. The fourth-order valence-corrected chi connectivity index (χ4v) is 8.50. The van der Waals surface area contributed by atoms with Crippen molar-refractivity contribution in [2.45, 2.75) is 120 Å². The van der Waals surface area contributed by atoms with Crippen LogP contribution in [0.4, 0.5) is 0 Å². The normalized spacial score (nSPS) is 13.8. The first-order valence-electron chi connectivity index (χ1n) is 26.8. The van der Waals surface area contributed by atoms with Gasteiger partial charge in [-0.1, -0.05) is 56.3 Å². The molecule has 4 rings (SSSR count). The van der Waals surface area contributed by atoms with E-state index in [1.165, 1.54) is 48.5 Å². The number of H-pyrrole nitrogens is 1. The van der Waals surface area contributed by atoms with Crippen LogP contribution in [0.25, 0.3) is 10.9 Å². The van der Waals surface area contributed by atoms with Crippen molar-refractivity contribution < 1.29 is 83.4 Å². The summed E-state index contributed by atoms with van der Waals surface area (Å²) >= 11 is 0. The number of carboxylic acids is 3. The molecule has 1 aromatic heterocycles. The lowest BCUT2D eigenvalue weighted by atomic mass is 9.99. The first-order chi connectivity index (χ1) is 40.2. The second kappa shape index (κ2) is 33.3. The number of aliphatic hydroxyl groups is 1. The standard InChI is InChI=1S/C55H73N13O17/c1-28(2)46(54(85)61-26-45(76)77)68-49(80)37(8-5-21-59-55(57)58)62-50(81)39(22-29-9-13-32(70)14-10-29)65-52(83)41(24-31-25-60-36-7-4-3-6-34(31)36)66-51(82)40(23-30-11-15-33(71)16-12-30)64-48(79)38(18-20-44(74)75)63-53(84)42(27-69)67-47(78)35(56)17-19-43(72)73/h3-4,6-7,9-16,25,28,35,37-42,46,60,69-71H,5,8,17-24,26-27,56H2,1-2H3,(H,61,85)(H,62,81)(H,63,84)(H,64,79)(H,65,83)(H,66,82)(H,67,78)(H,68,80)(H,72,73)(H,74,75)(H,76,77)(H4,57,58,59)/t35-,37-,38-,39-,40-,41-,42-,46-/m0/s1. The Morgan fingerprint density at radius 2 is 0.976 bits per heavy atom. The van der Waals surface area contributed by atoms with Crippen LogP contribution in [-0.2, 0) is 72.0 Å². The van der Waals surface area contributed by atoms with Crippen LogP contribution in [0.3, 0.4) is 0 Å². The van der Waals surface area contributed by atoms with Gasteiger partial charge in [-0.05, 0) is 78.6 Å². The van der Waals surface area contributed by atoms with Gasteiger partial charge in [0, 0.05) is 55.7 Å². The molecule has 0 saturated carbocycles. The van der Waals surface area contributed by atoms with E-state index in [9.17, 15) is 73.5 Å². The lowest BCUT2D eigenvalue weighted by Gasteiger charge is -2.28. The monoisotopic (exact) mass is 1190 g/mol. The SMILES string of the molecule is CC(C)[C@H](NC(=O)[C@H](CCCN=C(N)N)NC(=O)[C@H](Cc1ccc(O)cc1)NC(=O)[C@H](Cc1c[nH]c2ccccc12)NC(=O)[C@H](Cc1ccc(O)cc1)NC(=O)[C@H](CCC(=O)O)NC(=O)[C@H](CO)NC(=O)[C@@H](N)CCC(=O)O)C(=O)NCC(=O)O. The Labute approximate surface area is 486 Å². The number of guanidine groups is 1. The molecule has 4 aromatic rings. The molecule has 30 nitrogen and oxygen atoms in total. The number of hydrogen-bond donors (Lipinski definition) is 18. The summed E-state index contributed by atoms with van der Waals surface area (Å²) in [6.45, 7) is 1.34. The molecule has 0 unspecified atom stereocenters. The summed E-state index contributed by atoms with van der Waals surface area (Å²) in [5, 5.41) is 78.4. The predicted octanol–water partition coefficient (Wildman–Crippen LogP) is -3.04. The number of carbonyl (C=O) groups excluding carboxylic acids is 8. The van der Waals surface area contributed by atoms with E-state index in [-0.39, 0.29) is 62.5 Å². The summed E-state index contributed by atoms with van der Waals surface area (Å²) in [5.41, 5.74) is 18.6. The Hall–Kier alpha value is -9.84. The fraction of sp³-hybridized carbons (Fsp3) is 0.418. The van der Waals surface area contributed by atoms with Gasteiger partial charge in [-0.3, -0.25) is 57.7 Å². The summed E-state index contributed by atoms with van der Waals surface area (Å²) in [6.07, 6.45) is -1.65. The van der Waals surface area contributed by atoms with E-state index in [2.05, 4.69) is 52.5 Å². The minimum absolute atomic E-state index is 0.0123. The van der Waals surface area contributed by atoms with E-state index in [4.69, 9.17) is 22.3 Å². The van der Waals surface area contributed by atoms with Crippen LogP contribution < -0.4 is 59.7 Å². The summed E-state index contributed by atoms with van der Waals surface area (Å²) in [6, 6.07) is 5.24. The van der Waals surface area contributed by atoms with Crippen LogP contribution in [-0.4, -0.2) is 175 Å². The highest BCUT2D eigenvalue weighted by atomic mass is 16.4. The first kappa shape index (κ1) is 67.7. The number of para-hydroxylation sites is 1. The average Bonchev–Trinajstić information content (AvgIpc) is 4.12. The number of hydrogen-bond acceptors (Lipinski definition) is 16. The van der Waals surface area contributed by atoms with E-state index >= 15 is 4.79 Å². The molecule has 85 heavy (non-hydrogen) atoms. The van der Waals surface area contributed by atoms with Gasteiger partial charge in [-0.25, -0.2) is 0 Å². The minimum Gasteiger partial charge on any atom is -0.508 e. The van der Waals surface area contributed by atoms with Gasteiger partial charge in [0.1, 0.15) is 60.3 Å². The number of rotatable bonds is 35. The second-order valence-electron chi connectivity index (χ2n) is 20.1. The average molecular weight is 1190 g/mol. The number of carboxylic acid groups (broad SMARTS) is 3. The lowest BCUT2D eigenvalue weighted by molar-refractivity contribution is -0.139. The number of nitrogens with zero attached hydrogens (tertiary/aromatic N) is 1. The fourth-order valence-electron chi connectivity index (χ4n) is 8.50. The number of aromatic nitrogens is 1. The Morgan fingerprint density at radius 3 is 1.47 bits per heavy atom. The maximum absolute atomic E-state index is 15.0. The highest BCUT2D eigenvalue weighted by molar-refractivity contribution is 5.99. The highest BCUT2D eigenvalue weighted by Crippen LogP contribution is 2.21. The predicted molar refractivity (Wildman–Crippen MR) is 303 cm³/mol.